The molecule has 2 N–H and O–H groups in total. The Bertz CT molecular complexity index is 459. The predicted octanol–water partition coefficient (Wildman–Crippen LogP) is 4.12. The van der Waals surface area contributed by atoms with Crippen LogP contribution in [-0.2, 0) is 13.0 Å². The van der Waals surface area contributed by atoms with E-state index in [4.69, 9.17) is 0 Å². The molecule has 0 bridgehead atoms. The second kappa shape index (κ2) is 8.21. The highest BCUT2D eigenvalue weighted by molar-refractivity contribution is 5.73. The van der Waals surface area contributed by atoms with Crippen molar-refractivity contribution in [3.63, 3.8) is 0 Å². The maximum absolute atomic E-state index is 11.9. The van der Waals surface area contributed by atoms with E-state index in [-0.39, 0.29) is 6.03 Å². The van der Waals surface area contributed by atoms with Crippen molar-refractivity contribution in [3.8, 4) is 0 Å². The van der Waals surface area contributed by atoms with Gasteiger partial charge in [0.05, 0.1) is 0 Å². The van der Waals surface area contributed by atoms with E-state index in [1.807, 2.05) is 0 Å². The van der Waals surface area contributed by atoms with E-state index in [9.17, 15) is 4.79 Å². The van der Waals surface area contributed by atoms with E-state index in [2.05, 4.69) is 55.7 Å². The standard InChI is InChI=1S/C19H30N2O/c1-4-16-5-7-17(8-6-16)12-20-19(22)21-13-18-10-14(2)9-15(3)11-18/h5-8,14-15,18H,4,9-13H2,1-3H3,(H2,20,21,22). The summed E-state index contributed by atoms with van der Waals surface area (Å²) in [6, 6.07) is 8.37. The molecule has 0 radical (unpaired) electrons. The number of nitrogens with one attached hydrogen (secondary N) is 2. The molecule has 2 atom stereocenters. The van der Waals surface area contributed by atoms with Gasteiger partial charge in [0.15, 0.2) is 0 Å². The van der Waals surface area contributed by atoms with Crippen LogP contribution in [0.2, 0.25) is 0 Å². The fraction of sp³-hybridized carbons (Fsp3) is 0.632. The van der Waals surface area contributed by atoms with E-state index < -0.39 is 0 Å². The normalized spacial score (nSPS) is 24.8. The third kappa shape index (κ3) is 5.36. The summed E-state index contributed by atoms with van der Waals surface area (Å²) >= 11 is 0. The Morgan fingerprint density at radius 1 is 1.00 bits per heavy atom. The SMILES string of the molecule is CCc1ccc(CNC(=O)NCC2CC(C)CC(C)C2)cc1. The number of hydrogen-bond donors (Lipinski definition) is 2. The fourth-order valence-electron chi connectivity index (χ4n) is 3.65. The summed E-state index contributed by atoms with van der Waals surface area (Å²) in [5.41, 5.74) is 2.47. The van der Waals surface area contributed by atoms with Gasteiger partial charge in [0.25, 0.3) is 0 Å². The lowest BCUT2D eigenvalue weighted by molar-refractivity contribution is 0.207. The Morgan fingerprint density at radius 2 is 1.59 bits per heavy atom. The summed E-state index contributed by atoms with van der Waals surface area (Å²) in [6.45, 7) is 8.18. The highest BCUT2D eigenvalue weighted by atomic mass is 16.2. The van der Waals surface area contributed by atoms with Gasteiger partial charge in [-0.05, 0) is 54.6 Å². The Kier molecular flexibility index (Phi) is 6.29. The number of hydrogen-bond acceptors (Lipinski definition) is 1. The lowest BCUT2D eigenvalue weighted by atomic mass is 9.77. The number of carbonyl (C=O) groups excluding carboxylic acids is 1. The first-order valence-electron chi connectivity index (χ1n) is 8.66. The molecule has 0 heterocycles. The maximum atomic E-state index is 11.9. The molecule has 122 valence electrons. The number of aryl methyl sites for hydroxylation is 1. The average molecular weight is 302 g/mol. The van der Waals surface area contributed by atoms with Crippen LogP contribution in [0.4, 0.5) is 4.79 Å². The second-order valence-corrected chi connectivity index (χ2v) is 7.02. The molecule has 3 nitrogen and oxygen atoms in total. The van der Waals surface area contributed by atoms with Gasteiger partial charge in [-0.1, -0.05) is 45.0 Å². The van der Waals surface area contributed by atoms with E-state index in [0.29, 0.717) is 12.5 Å². The molecule has 1 aliphatic carbocycles. The molecule has 1 saturated carbocycles. The van der Waals surface area contributed by atoms with Gasteiger partial charge in [0, 0.05) is 13.1 Å². The van der Waals surface area contributed by atoms with Crippen molar-refractivity contribution in [2.75, 3.05) is 6.54 Å². The summed E-state index contributed by atoms with van der Waals surface area (Å²) < 4.78 is 0. The summed E-state index contributed by atoms with van der Waals surface area (Å²) in [6.07, 6.45) is 4.86. The zero-order valence-corrected chi connectivity index (χ0v) is 14.2. The van der Waals surface area contributed by atoms with Crippen LogP contribution in [0.3, 0.4) is 0 Å². The third-order valence-electron chi connectivity index (χ3n) is 4.71. The summed E-state index contributed by atoms with van der Waals surface area (Å²) in [7, 11) is 0. The summed E-state index contributed by atoms with van der Waals surface area (Å²) in [4.78, 5) is 11.9. The van der Waals surface area contributed by atoms with Gasteiger partial charge in [-0.15, -0.1) is 0 Å². The molecule has 2 rings (SSSR count). The molecule has 1 aromatic rings. The van der Waals surface area contributed by atoms with Crippen molar-refractivity contribution in [3.05, 3.63) is 35.4 Å². The number of amides is 2. The Balaban J connectivity index is 1.69. The van der Waals surface area contributed by atoms with Crippen LogP contribution in [0.15, 0.2) is 24.3 Å². The maximum Gasteiger partial charge on any atom is 0.315 e. The number of urea groups is 1. The quantitative estimate of drug-likeness (QED) is 0.844. The Morgan fingerprint density at radius 3 is 2.18 bits per heavy atom. The fourth-order valence-corrected chi connectivity index (χ4v) is 3.65. The zero-order chi connectivity index (χ0) is 15.9. The lowest BCUT2D eigenvalue weighted by Gasteiger charge is -2.31. The molecule has 0 aliphatic heterocycles. The molecular weight excluding hydrogens is 272 g/mol. The highest BCUT2D eigenvalue weighted by Crippen LogP contribution is 2.32. The van der Waals surface area contributed by atoms with E-state index >= 15 is 0 Å². The third-order valence-corrected chi connectivity index (χ3v) is 4.71. The molecular formula is C19H30N2O. The number of carbonyl (C=O) groups is 1. The zero-order valence-electron chi connectivity index (χ0n) is 14.2. The number of rotatable bonds is 5. The van der Waals surface area contributed by atoms with E-state index in [1.54, 1.807) is 0 Å². The summed E-state index contributed by atoms with van der Waals surface area (Å²) in [5, 5.41) is 5.98. The van der Waals surface area contributed by atoms with Gasteiger partial charge in [-0.3, -0.25) is 0 Å². The van der Waals surface area contributed by atoms with Crippen molar-refractivity contribution in [1.29, 1.82) is 0 Å². The van der Waals surface area contributed by atoms with Gasteiger partial charge < -0.3 is 10.6 Å². The minimum atomic E-state index is -0.0505. The Labute approximate surface area is 134 Å². The summed E-state index contributed by atoms with van der Waals surface area (Å²) in [5.74, 6) is 2.21. The van der Waals surface area contributed by atoms with Crippen LogP contribution in [0.25, 0.3) is 0 Å². The van der Waals surface area contributed by atoms with Crippen LogP contribution in [0, 0.1) is 17.8 Å². The first-order valence-corrected chi connectivity index (χ1v) is 8.66. The van der Waals surface area contributed by atoms with Gasteiger partial charge in [-0.25, -0.2) is 4.79 Å². The molecule has 22 heavy (non-hydrogen) atoms. The van der Waals surface area contributed by atoms with Gasteiger partial charge in [-0.2, -0.15) is 0 Å². The van der Waals surface area contributed by atoms with Crippen LogP contribution in [0.1, 0.15) is 51.2 Å². The minimum absolute atomic E-state index is 0.0505. The van der Waals surface area contributed by atoms with Crippen molar-refractivity contribution in [2.24, 2.45) is 17.8 Å². The largest absolute Gasteiger partial charge is 0.338 e. The predicted molar refractivity (Wildman–Crippen MR) is 91.7 cm³/mol. The molecule has 1 aliphatic rings. The molecule has 1 aromatic carbocycles. The van der Waals surface area contributed by atoms with Crippen LogP contribution < -0.4 is 10.6 Å². The average Bonchev–Trinajstić information content (AvgIpc) is 2.50. The topological polar surface area (TPSA) is 41.1 Å². The molecule has 0 saturated heterocycles. The van der Waals surface area contributed by atoms with Crippen molar-refractivity contribution < 1.29 is 4.79 Å². The molecule has 0 spiro atoms. The molecule has 2 unspecified atom stereocenters. The van der Waals surface area contributed by atoms with E-state index in [1.165, 1.54) is 24.8 Å². The first kappa shape index (κ1) is 16.9. The van der Waals surface area contributed by atoms with Crippen molar-refractivity contribution in [1.82, 2.24) is 10.6 Å². The smallest absolute Gasteiger partial charge is 0.315 e. The number of benzene rings is 1. The van der Waals surface area contributed by atoms with Crippen molar-refractivity contribution >= 4 is 6.03 Å². The Hall–Kier alpha value is -1.51. The second-order valence-electron chi connectivity index (χ2n) is 7.02. The van der Waals surface area contributed by atoms with Gasteiger partial charge >= 0.3 is 6.03 Å². The highest BCUT2D eigenvalue weighted by Gasteiger charge is 2.23. The van der Waals surface area contributed by atoms with E-state index in [0.717, 1.165) is 30.4 Å². The molecule has 3 heteroatoms. The molecule has 2 amide bonds. The minimum Gasteiger partial charge on any atom is -0.338 e. The monoisotopic (exact) mass is 302 g/mol. The van der Waals surface area contributed by atoms with Crippen molar-refractivity contribution in [2.45, 2.75) is 53.0 Å². The lowest BCUT2D eigenvalue weighted by Crippen LogP contribution is -2.39. The van der Waals surface area contributed by atoms with Crippen LogP contribution in [0.5, 0.6) is 0 Å². The van der Waals surface area contributed by atoms with Crippen LogP contribution >= 0.6 is 0 Å². The van der Waals surface area contributed by atoms with Gasteiger partial charge in [0.2, 0.25) is 0 Å². The first-order chi connectivity index (χ1) is 10.6. The van der Waals surface area contributed by atoms with Gasteiger partial charge in [0.1, 0.15) is 0 Å². The van der Waals surface area contributed by atoms with Crippen LogP contribution in [-0.4, -0.2) is 12.6 Å². The molecule has 1 fully saturated rings. The molecule has 0 aromatic heterocycles.